The number of hydrogen-bond donors (Lipinski definition) is 2. The maximum absolute atomic E-state index is 13.6. The summed E-state index contributed by atoms with van der Waals surface area (Å²) in [6.07, 6.45) is 1.51. The molecule has 1 aliphatic rings. The second-order valence-electron chi connectivity index (χ2n) is 8.41. The van der Waals surface area contributed by atoms with Crippen LogP contribution in [0, 0.1) is 20.8 Å². The number of methoxy groups -OCH3 is 2. The lowest BCUT2D eigenvalue weighted by molar-refractivity contribution is -0.122. The number of ether oxygens (including phenoxy) is 2. The molecular formula is C27H25N3O6S. The van der Waals surface area contributed by atoms with Crippen LogP contribution >= 0.6 is 12.2 Å². The third kappa shape index (κ3) is 4.47. The molecule has 2 N–H and O–H groups in total. The van der Waals surface area contributed by atoms with Crippen molar-refractivity contribution in [2.24, 2.45) is 0 Å². The minimum absolute atomic E-state index is 0.0674. The number of carboxylic acid groups (broad SMARTS) is 1. The molecule has 1 aromatic heterocycles. The quantitative estimate of drug-likeness (QED) is 0.288. The summed E-state index contributed by atoms with van der Waals surface area (Å²) in [7, 11) is 2.98. The molecule has 1 saturated heterocycles. The van der Waals surface area contributed by atoms with Crippen molar-refractivity contribution in [3.63, 3.8) is 0 Å². The van der Waals surface area contributed by atoms with Crippen molar-refractivity contribution in [3.8, 4) is 17.2 Å². The van der Waals surface area contributed by atoms with Gasteiger partial charge in [-0.3, -0.25) is 14.9 Å². The van der Waals surface area contributed by atoms with E-state index in [-0.39, 0.29) is 16.2 Å². The van der Waals surface area contributed by atoms with Gasteiger partial charge >= 0.3 is 5.97 Å². The van der Waals surface area contributed by atoms with Crippen molar-refractivity contribution >= 4 is 46.9 Å². The summed E-state index contributed by atoms with van der Waals surface area (Å²) in [6, 6.07) is 11.8. The predicted molar refractivity (Wildman–Crippen MR) is 143 cm³/mol. The van der Waals surface area contributed by atoms with Crippen LogP contribution in [0.25, 0.3) is 11.8 Å². The molecule has 0 bridgehead atoms. The Labute approximate surface area is 218 Å². The first-order valence-electron chi connectivity index (χ1n) is 11.2. The number of amides is 2. The Bertz CT molecular complexity index is 1500. The van der Waals surface area contributed by atoms with Crippen LogP contribution in [0.4, 0.5) is 5.69 Å². The summed E-state index contributed by atoms with van der Waals surface area (Å²) < 4.78 is 12.6. The molecule has 0 atom stereocenters. The van der Waals surface area contributed by atoms with E-state index >= 15 is 0 Å². The number of carbonyl (C=O) groups excluding carboxylic acids is 2. The monoisotopic (exact) mass is 519 g/mol. The first-order valence-corrected chi connectivity index (χ1v) is 11.7. The highest BCUT2D eigenvalue weighted by molar-refractivity contribution is 7.80. The third-order valence-electron chi connectivity index (χ3n) is 6.28. The van der Waals surface area contributed by atoms with Crippen LogP contribution < -0.4 is 19.7 Å². The molecule has 190 valence electrons. The number of carboxylic acids is 1. The highest BCUT2D eigenvalue weighted by atomic mass is 32.1. The number of aryl methyl sites for hydroxylation is 1. The molecule has 9 nitrogen and oxygen atoms in total. The summed E-state index contributed by atoms with van der Waals surface area (Å²) in [5, 5.41) is 12.0. The molecule has 0 aliphatic carbocycles. The average Bonchev–Trinajstić information content (AvgIpc) is 3.14. The standard InChI is InChI=1S/C27H25N3O6S/c1-14-11-17(16(3)29(14)21-8-6-7-19(15(21)2)26(33)34)12-20-24(31)28-27(37)30(25(20)32)22-10-9-18(35-4)13-23(22)36-5/h6-13H,1-5H3,(H,33,34)(H,28,31,37). The zero-order valence-corrected chi connectivity index (χ0v) is 21.7. The fourth-order valence-electron chi connectivity index (χ4n) is 4.40. The minimum Gasteiger partial charge on any atom is -0.497 e. The minimum atomic E-state index is -1.02. The molecular weight excluding hydrogens is 494 g/mol. The van der Waals surface area contributed by atoms with E-state index in [1.165, 1.54) is 25.2 Å². The highest BCUT2D eigenvalue weighted by Gasteiger charge is 2.36. The normalized spacial score (nSPS) is 14.7. The molecule has 4 rings (SSSR count). The van der Waals surface area contributed by atoms with Gasteiger partial charge in [0.05, 0.1) is 25.5 Å². The van der Waals surface area contributed by atoms with Gasteiger partial charge in [0.2, 0.25) is 0 Å². The Balaban J connectivity index is 1.80. The van der Waals surface area contributed by atoms with Gasteiger partial charge in [-0.1, -0.05) is 6.07 Å². The zero-order chi connectivity index (χ0) is 27.0. The average molecular weight is 520 g/mol. The van der Waals surface area contributed by atoms with Gasteiger partial charge in [-0.25, -0.2) is 9.69 Å². The van der Waals surface area contributed by atoms with Crippen molar-refractivity contribution in [3.05, 3.63) is 76.1 Å². The van der Waals surface area contributed by atoms with Crippen molar-refractivity contribution in [1.29, 1.82) is 0 Å². The topological polar surface area (TPSA) is 110 Å². The summed E-state index contributed by atoms with van der Waals surface area (Å²) in [5.74, 6) is -1.36. The molecule has 10 heteroatoms. The molecule has 1 fully saturated rings. The maximum Gasteiger partial charge on any atom is 0.336 e. The number of thiocarbonyl (C=S) groups is 1. The van der Waals surface area contributed by atoms with Gasteiger partial charge in [0.25, 0.3) is 11.8 Å². The van der Waals surface area contributed by atoms with Gasteiger partial charge in [-0.2, -0.15) is 0 Å². The molecule has 2 aromatic carbocycles. The lowest BCUT2D eigenvalue weighted by atomic mass is 10.1. The van der Waals surface area contributed by atoms with Crippen LogP contribution in [0.1, 0.15) is 32.9 Å². The van der Waals surface area contributed by atoms with E-state index in [2.05, 4.69) is 5.32 Å². The molecule has 0 radical (unpaired) electrons. The van der Waals surface area contributed by atoms with Crippen molar-refractivity contribution in [2.45, 2.75) is 20.8 Å². The zero-order valence-electron chi connectivity index (χ0n) is 20.9. The van der Waals surface area contributed by atoms with E-state index in [9.17, 15) is 19.5 Å². The molecule has 0 unspecified atom stereocenters. The summed E-state index contributed by atoms with van der Waals surface area (Å²) in [4.78, 5) is 39.3. The molecule has 2 amide bonds. The Morgan fingerprint density at radius 2 is 1.76 bits per heavy atom. The van der Waals surface area contributed by atoms with Gasteiger partial charge in [-0.15, -0.1) is 0 Å². The molecule has 0 saturated carbocycles. The Morgan fingerprint density at radius 3 is 2.41 bits per heavy atom. The van der Waals surface area contributed by atoms with Gasteiger partial charge in [-0.05, 0) is 80.5 Å². The first kappa shape index (κ1) is 25.6. The van der Waals surface area contributed by atoms with Gasteiger partial charge in [0.1, 0.15) is 17.1 Å². The number of aromatic carboxylic acids is 1. The van der Waals surface area contributed by atoms with E-state index in [1.807, 2.05) is 30.5 Å². The smallest absolute Gasteiger partial charge is 0.336 e. The van der Waals surface area contributed by atoms with Crippen molar-refractivity contribution in [1.82, 2.24) is 9.88 Å². The number of rotatable bonds is 6. The van der Waals surface area contributed by atoms with E-state index < -0.39 is 17.8 Å². The molecule has 0 spiro atoms. The summed E-state index contributed by atoms with van der Waals surface area (Å²) >= 11 is 5.32. The fraction of sp³-hybridized carbons (Fsp3) is 0.185. The summed E-state index contributed by atoms with van der Waals surface area (Å²) in [6.45, 7) is 5.45. The van der Waals surface area contributed by atoms with Gasteiger partial charge in [0, 0.05) is 23.1 Å². The number of anilines is 1. The second kappa shape index (κ2) is 9.90. The molecule has 3 aromatic rings. The Morgan fingerprint density at radius 1 is 1.03 bits per heavy atom. The van der Waals surface area contributed by atoms with Crippen LogP contribution in [-0.4, -0.2) is 46.8 Å². The van der Waals surface area contributed by atoms with E-state index in [1.54, 1.807) is 37.3 Å². The van der Waals surface area contributed by atoms with Crippen LogP contribution in [0.2, 0.25) is 0 Å². The number of hydrogen-bond acceptors (Lipinski definition) is 6. The number of nitrogens with zero attached hydrogens (tertiary/aromatic N) is 2. The van der Waals surface area contributed by atoms with Gasteiger partial charge < -0.3 is 19.1 Å². The SMILES string of the molecule is COc1ccc(N2C(=O)C(=Cc3cc(C)n(-c4cccc(C(=O)O)c4C)c3C)C(=O)NC2=S)c(OC)c1. The van der Waals surface area contributed by atoms with E-state index in [0.29, 0.717) is 34.0 Å². The molecule has 37 heavy (non-hydrogen) atoms. The fourth-order valence-corrected chi connectivity index (χ4v) is 4.68. The predicted octanol–water partition coefficient (Wildman–Crippen LogP) is 3.95. The first-order chi connectivity index (χ1) is 17.6. The number of nitrogens with one attached hydrogen (secondary N) is 1. The molecule has 2 heterocycles. The maximum atomic E-state index is 13.6. The van der Waals surface area contributed by atoms with E-state index in [0.717, 1.165) is 11.4 Å². The Hall–Kier alpha value is -4.44. The molecule has 1 aliphatic heterocycles. The van der Waals surface area contributed by atoms with E-state index in [4.69, 9.17) is 21.7 Å². The van der Waals surface area contributed by atoms with Crippen LogP contribution in [-0.2, 0) is 9.59 Å². The Kier molecular flexibility index (Phi) is 6.86. The number of aromatic nitrogens is 1. The summed E-state index contributed by atoms with van der Waals surface area (Å²) in [5.41, 5.74) is 3.92. The van der Waals surface area contributed by atoms with Crippen LogP contribution in [0.3, 0.4) is 0 Å². The van der Waals surface area contributed by atoms with Crippen LogP contribution in [0.15, 0.2) is 48.0 Å². The van der Waals surface area contributed by atoms with Gasteiger partial charge in [0.15, 0.2) is 5.11 Å². The largest absolute Gasteiger partial charge is 0.497 e. The lowest BCUT2D eigenvalue weighted by Gasteiger charge is -2.30. The highest BCUT2D eigenvalue weighted by Crippen LogP contribution is 2.35. The van der Waals surface area contributed by atoms with Crippen LogP contribution in [0.5, 0.6) is 11.5 Å². The number of carbonyl (C=O) groups is 3. The number of benzene rings is 2. The van der Waals surface area contributed by atoms with Crippen molar-refractivity contribution < 1.29 is 29.0 Å². The lowest BCUT2D eigenvalue weighted by Crippen LogP contribution is -2.54. The second-order valence-corrected chi connectivity index (χ2v) is 8.80. The van der Waals surface area contributed by atoms with Crippen molar-refractivity contribution in [2.75, 3.05) is 19.1 Å². The third-order valence-corrected chi connectivity index (χ3v) is 6.56.